The molecule has 0 fully saturated rings. The predicted molar refractivity (Wildman–Crippen MR) is 89.7 cm³/mol. The molecule has 142 valence electrons. The van der Waals surface area contributed by atoms with Gasteiger partial charge in [0.25, 0.3) is 0 Å². The number of anilines is 1. The number of halogens is 3. The van der Waals surface area contributed by atoms with Crippen LogP contribution in [0.15, 0.2) is 41.6 Å². The van der Waals surface area contributed by atoms with E-state index in [0.29, 0.717) is 17.1 Å². The van der Waals surface area contributed by atoms with Crippen molar-refractivity contribution in [2.45, 2.75) is 6.18 Å². The van der Waals surface area contributed by atoms with Crippen LogP contribution in [0.2, 0.25) is 0 Å². The number of carbonyl (C=O) groups excluding carboxylic acids is 1. The van der Waals surface area contributed by atoms with Crippen LogP contribution < -0.4 is 14.4 Å². The van der Waals surface area contributed by atoms with Crippen molar-refractivity contribution in [2.24, 2.45) is 5.16 Å². The van der Waals surface area contributed by atoms with E-state index in [1.807, 2.05) is 0 Å². The molecule has 0 N–H and O–H groups in total. The lowest BCUT2D eigenvalue weighted by atomic mass is 10.1. The van der Waals surface area contributed by atoms with E-state index in [-0.39, 0.29) is 18.1 Å². The van der Waals surface area contributed by atoms with Crippen LogP contribution in [-0.2, 0) is 9.63 Å². The maximum absolute atomic E-state index is 12.6. The van der Waals surface area contributed by atoms with Gasteiger partial charge in [-0.1, -0.05) is 35.5 Å². The van der Waals surface area contributed by atoms with E-state index in [0.717, 1.165) is 0 Å². The maximum atomic E-state index is 12.6. The van der Waals surface area contributed by atoms with Gasteiger partial charge in [-0.2, -0.15) is 18.2 Å². The lowest BCUT2D eigenvalue weighted by Crippen LogP contribution is -2.36. The van der Waals surface area contributed by atoms with E-state index < -0.39 is 18.0 Å². The molecular weight excluding hydrogens is 367 g/mol. The number of likely N-dealkylation sites (N-methyl/N-ethyl adjacent to an activating group) is 1. The third-order valence-electron chi connectivity index (χ3n) is 3.72. The SMILES string of the molecule is CON=C1COc2nc(OC(=O)C(F)(F)F)c(-c3ccccc3)cc2N1C. The van der Waals surface area contributed by atoms with Gasteiger partial charge >= 0.3 is 12.1 Å². The Hall–Kier alpha value is -3.30. The molecule has 0 spiro atoms. The zero-order chi connectivity index (χ0) is 19.6. The van der Waals surface area contributed by atoms with E-state index in [4.69, 9.17) is 9.57 Å². The van der Waals surface area contributed by atoms with Gasteiger partial charge in [0.1, 0.15) is 12.8 Å². The van der Waals surface area contributed by atoms with Crippen molar-refractivity contribution >= 4 is 17.5 Å². The van der Waals surface area contributed by atoms with Gasteiger partial charge in [0.15, 0.2) is 12.4 Å². The van der Waals surface area contributed by atoms with Crippen molar-refractivity contribution in [2.75, 3.05) is 25.7 Å². The third kappa shape index (κ3) is 3.78. The molecule has 0 unspecified atom stereocenters. The number of aromatic nitrogens is 1. The lowest BCUT2D eigenvalue weighted by molar-refractivity contribution is -0.189. The molecule has 0 atom stereocenters. The van der Waals surface area contributed by atoms with Gasteiger partial charge < -0.3 is 19.2 Å². The molecule has 7 nitrogen and oxygen atoms in total. The highest BCUT2D eigenvalue weighted by Crippen LogP contribution is 2.39. The highest BCUT2D eigenvalue weighted by Gasteiger charge is 2.42. The molecular formula is C17H14F3N3O4. The maximum Gasteiger partial charge on any atom is 0.491 e. The molecule has 1 aliphatic rings. The van der Waals surface area contributed by atoms with Crippen molar-refractivity contribution in [3.8, 4) is 22.9 Å². The number of nitrogens with zero attached hydrogens (tertiary/aromatic N) is 3. The van der Waals surface area contributed by atoms with E-state index in [9.17, 15) is 18.0 Å². The summed E-state index contributed by atoms with van der Waals surface area (Å²) in [6, 6.07) is 9.96. The number of esters is 1. The van der Waals surface area contributed by atoms with Crippen LogP contribution in [0, 0.1) is 0 Å². The molecule has 1 aromatic heterocycles. The number of pyridine rings is 1. The lowest BCUT2D eigenvalue weighted by Gasteiger charge is -2.28. The summed E-state index contributed by atoms with van der Waals surface area (Å²) in [7, 11) is 3.06. The largest absolute Gasteiger partial charge is 0.491 e. The number of fused-ring (bicyclic) bond motifs is 1. The summed E-state index contributed by atoms with van der Waals surface area (Å²) in [6.45, 7) is -0.0122. The molecule has 2 aromatic rings. The molecule has 0 aliphatic carbocycles. The fraction of sp³-hybridized carbons (Fsp3) is 0.235. The second kappa shape index (κ2) is 7.14. The van der Waals surface area contributed by atoms with E-state index in [1.54, 1.807) is 42.3 Å². The molecule has 1 aromatic carbocycles. The first-order valence-electron chi connectivity index (χ1n) is 7.67. The number of amidine groups is 1. The van der Waals surface area contributed by atoms with Crippen molar-refractivity contribution < 1.29 is 32.3 Å². The molecule has 0 saturated heterocycles. The van der Waals surface area contributed by atoms with Crippen LogP contribution in [0.3, 0.4) is 0 Å². The van der Waals surface area contributed by atoms with Crippen LogP contribution in [0.5, 0.6) is 11.8 Å². The summed E-state index contributed by atoms with van der Waals surface area (Å²) >= 11 is 0. The van der Waals surface area contributed by atoms with Crippen LogP contribution in [-0.4, -0.2) is 43.7 Å². The van der Waals surface area contributed by atoms with E-state index in [2.05, 4.69) is 14.9 Å². The Morgan fingerprint density at radius 2 is 2.00 bits per heavy atom. The quantitative estimate of drug-likeness (QED) is 0.601. The average Bonchev–Trinajstić information content (AvgIpc) is 2.64. The number of rotatable bonds is 3. The minimum atomic E-state index is -5.15. The van der Waals surface area contributed by atoms with E-state index >= 15 is 0 Å². The molecule has 1 aliphatic heterocycles. The molecule has 10 heteroatoms. The minimum absolute atomic E-state index is 0.0113. The monoisotopic (exact) mass is 381 g/mol. The van der Waals surface area contributed by atoms with Crippen molar-refractivity contribution in [3.63, 3.8) is 0 Å². The minimum Gasteiger partial charge on any atom is -0.468 e. The van der Waals surface area contributed by atoms with Crippen LogP contribution in [0.25, 0.3) is 11.1 Å². The van der Waals surface area contributed by atoms with Gasteiger partial charge in [-0.05, 0) is 11.6 Å². The van der Waals surface area contributed by atoms with Gasteiger partial charge in [-0.3, -0.25) is 0 Å². The summed E-state index contributed by atoms with van der Waals surface area (Å²) in [6.07, 6.45) is -5.15. The Kier molecular flexibility index (Phi) is 4.89. The molecule has 0 amide bonds. The number of hydrogen-bond donors (Lipinski definition) is 0. The number of benzene rings is 1. The zero-order valence-electron chi connectivity index (χ0n) is 14.3. The zero-order valence-corrected chi connectivity index (χ0v) is 14.3. The van der Waals surface area contributed by atoms with Crippen molar-refractivity contribution in [3.05, 3.63) is 36.4 Å². The fourth-order valence-electron chi connectivity index (χ4n) is 2.43. The fourth-order valence-corrected chi connectivity index (χ4v) is 2.43. The molecule has 3 rings (SSSR count). The molecule has 0 radical (unpaired) electrons. The predicted octanol–water partition coefficient (Wildman–Crippen LogP) is 3.00. The second-order valence-electron chi connectivity index (χ2n) is 5.46. The molecule has 27 heavy (non-hydrogen) atoms. The third-order valence-corrected chi connectivity index (χ3v) is 3.72. The van der Waals surface area contributed by atoms with Gasteiger partial charge in [-0.15, -0.1) is 0 Å². The number of alkyl halides is 3. The Morgan fingerprint density at radius 3 is 2.63 bits per heavy atom. The van der Waals surface area contributed by atoms with Crippen molar-refractivity contribution in [1.29, 1.82) is 0 Å². The summed E-state index contributed by atoms with van der Waals surface area (Å²) in [5.41, 5.74) is 1.14. The summed E-state index contributed by atoms with van der Waals surface area (Å²) < 4.78 is 47.8. The van der Waals surface area contributed by atoms with Crippen molar-refractivity contribution in [1.82, 2.24) is 4.98 Å². The van der Waals surface area contributed by atoms with Gasteiger partial charge in [0.2, 0.25) is 11.8 Å². The first-order valence-corrected chi connectivity index (χ1v) is 7.67. The van der Waals surface area contributed by atoms with Crippen LogP contribution >= 0.6 is 0 Å². The Balaban J connectivity index is 2.11. The number of oxime groups is 1. The average molecular weight is 381 g/mol. The summed E-state index contributed by atoms with van der Waals surface area (Å²) in [4.78, 5) is 21.7. The molecule has 0 bridgehead atoms. The van der Waals surface area contributed by atoms with E-state index in [1.165, 1.54) is 13.2 Å². The first kappa shape index (κ1) is 18.5. The molecule has 0 saturated carbocycles. The highest BCUT2D eigenvalue weighted by atomic mass is 19.4. The van der Waals surface area contributed by atoms with Gasteiger partial charge in [0, 0.05) is 12.6 Å². The number of ether oxygens (including phenoxy) is 2. The number of carbonyl (C=O) groups is 1. The Labute approximate surface area is 151 Å². The summed E-state index contributed by atoms with van der Waals surface area (Å²) in [5.74, 6) is -2.41. The molecule has 2 heterocycles. The first-order chi connectivity index (χ1) is 12.8. The smallest absolute Gasteiger partial charge is 0.468 e. The normalized spacial score (nSPS) is 15.1. The summed E-state index contributed by atoms with van der Waals surface area (Å²) in [5, 5.41) is 3.82. The number of hydrogen-bond acceptors (Lipinski definition) is 6. The Bertz CT molecular complexity index is 885. The topological polar surface area (TPSA) is 73.2 Å². The second-order valence-corrected chi connectivity index (χ2v) is 5.46. The highest BCUT2D eigenvalue weighted by molar-refractivity contribution is 6.01. The standard InChI is InChI=1S/C17H14F3N3O4/c1-23-12-8-11(10-6-4-3-5-7-10)14(27-16(24)17(18,19)20)21-15(12)26-9-13(23)22-25-2/h3-8H,9H2,1-2H3. The van der Waals surface area contributed by atoms with Crippen LogP contribution in [0.1, 0.15) is 0 Å². The van der Waals surface area contributed by atoms with Crippen LogP contribution in [0.4, 0.5) is 18.9 Å². The van der Waals surface area contributed by atoms with Gasteiger partial charge in [-0.25, -0.2) is 4.79 Å². The van der Waals surface area contributed by atoms with Gasteiger partial charge in [0.05, 0.1) is 0 Å². The Morgan fingerprint density at radius 1 is 1.30 bits per heavy atom.